The quantitative estimate of drug-likeness (QED) is 0.863. The number of rotatable bonds is 3. The molecular formula is C14H20N2O2. The van der Waals surface area contributed by atoms with E-state index < -0.39 is 0 Å². The average molecular weight is 248 g/mol. The summed E-state index contributed by atoms with van der Waals surface area (Å²) >= 11 is 0. The fraction of sp³-hybridized carbons (Fsp3) is 0.571. The van der Waals surface area contributed by atoms with E-state index in [0.29, 0.717) is 12.5 Å². The summed E-state index contributed by atoms with van der Waals surface area (Å²) in [6.07, 6.45) is 6.35. The van der Waals surface area contributed by atoms with Crippen molar-refractivity contribution >= 4 is 5.91 Å². The molecule has 1 aliphatic carbocycles. The Labute approximate surface area is 107 Å². The van der Waals surface area contributed by atoms with Crippen LogP contribution in [-0.2, 0) is 0 Å². The van der Waals surface area contributed by atoms with E-state index in [0.717, 1.165) is 5.92 Å². The van der Waals surface area contributed by atoms with Crippen molar-refractivity contribution in [2.45, 2.75) is 32.6 Å². The Bertz CT molecular complexity index is 412. The van der Waals surface area contributed by atoms with E-state index in [1.807, 2.05) is 0 Å². The molecule has 1 aromatic heterocycles. The fourth-order valence-corrected chi connectivity index (χ4v) is 2.43. The monoisotopic (exact) mass is 248 g/mol. The van der Waals surface area contributed by atoms with Crippen LogP contribution in [0.15, 0.2) is 18.3 Å². The molecule has 2 rings (SSSR count). The summed E-state index contributed by atoms with van der Waals surface area (Å²) in [5.74, 6) is 1.03. The minimum atomic E-state index is -0.285. The number of aromatic nitrogens is 1. The summed E-state index contributed by atoms with van der Waals surface area (Å²) in [7, 11) is 0. The first-order chi connectivity index (χ1) is 8.66. The first-order valence-corrected chi connectivity index (χ1v) is 6.59. The average Bonchev–Trinajstić information content (AvgIpc) is 2.38. The van der Waals surface area contributed by atoms with Gasteiger partial charge in [0, 0.05) is 12.7 Å². The Kier molecular flexibility index (Phi) is 4.18. The summed E-state index contributed by atoms with van der Waals surface area (Å²) in [5, 5.41) is 12.4. The van der Waals surface area contributed by atoms with Crippen molar-refractivity contribution < 1.29 is 9.90 Å². The van der Waals surface area contributed by atoms with E-state index in [-0.39, 0.29) is 17.4 Å². The number of hydrogen-bond acceptors (Lipinski definition) is 3. The molecule has 1 aliphatic rings. The van der Waals surface area contributed by atoms with Crippen molar-refractivity contribution in [2.24, 2.45) is 11.8 Å². The lowest BCUT2D eigenvalue weighted by atomic mass is 9.83. The molecule has 0 aliphatic heterocycles. The van der Waals surface area contributed by atoms with Gasteiger partial charge in [0.1, 0.15) is 5.75 Å². The number of pyridine rings is 1. The molecule has 4 nitrogen and oxygen atoms in total. The minimum absolute atomic E-state index is 0.0627. The largest absolute Gasteiger partial charge is 0.505 e. The Morgan fingerprint density at radius 2 is 2.17 bits per heavy atom. The number of nitrogens with zero attached hydrogens (tertiary/aromatic N) is 1. The normalized spacial score (nSPS) is 23.6. The van der Waals surface area contributed by atoms with Gasteiger partial charge in [-0.2, -0.15) is 0 Å². The number of aromatic hydroxyl groups is 1. The lowest BCUT2D eigenvalue weighted by molar-refractivity contribution is 0.0934. The highest BCUT2D eigenvalue weighted by molar-refractivity contribution is 5.94. The second-order valence-electron chi connectivity index (χ2n) is 5.21. The molecule has 4 heteroatoms. The second kappa shape index (κ2) is 5.85. The van der Waals surface area contributed by atoms with E-state index >= 15 is 0 Å². The smallest absolute Gasteiger partial charge is 0.273 e. The first-order valence-electron chi connectivity index (χ1n) is 6.59. The van der Waals surface area contributed by atoms with Gasteiger partial charge in [0.25, 0.3) is 5.91 Å². The molecule has 18 heavy (non-hydrogen) atoms. The maximum Gasteiger partial charge on any atom is 0.273 e. The van der Waals surface area contributed by atoms with Gasteiger partial charge in [-0.15, -0.1) is 0 Å². The van der Waals surface area contributed by atoms with Gasteiger partial charge in [0.05, 0.1) is 0 Å². The molecule has 0 unspecified atom stereocenters. The van der Waals surface area contributed by atoms with Gasteiger partial charge in [0.2, 0.25) is 0 Å². The predicted octanol–water partition coefficient (Wildman–Crippen LogP) is 2.34. The van der Waals surface area contributed by atoms with E-state index in [4.69, 9.17) is 0 Å². The van der Waals surface area contributed by atoms with Gasteiger partial charge in [0.15, 0.2) is 5.69 Å². The maximum atomic E-state index is 11.8. The van der Waals surface area contributed by atoms with Crippen LogP contribution in [0.25, 0.3) is 0 Å². The lowest BCUT2D eigenvalue weighted by Crippen LogP contribution is -2.31. The highest BCUT2D eigenvalue weighted by atomic mass is 16.3. The second-order valence-corrected chi connectivity index (χ2v) is 5.21. The van der Waals surface area contributed by atoms with Crippen molar-refractivity contribution in [3.8, 4) is 5.75 Å². The highest BCUT2D eigenvalue weighted by Crippen LogP contribution is 2.27. The third kappa shape index (κ3) is 3.22. The number of hydrogen-bond donors (Lipinski definition) is 2. The number of amides is 1. The van der Waals surface area contributed by atoms with Gasteiger partial charge in [-0.1, -0.05) is 19.8 Å². The van der Waals surface area contributed by atoms with Gasteiger partial charge in [-0.3, -0.25) is 4.79 Å². The number of carbonyl (C=O) groups excluding carboxylic acids is 1. The Hall–Kier alpha value is -1.58. The van der Waals surface area contributed by atoms with Crippen LogP contribution in [-0.4, -0.2) is 22.5 Å². The zero-order chi connectivity index (χ0) is 13.0. The fourth-order valence-electron chi connectivity index (χ4n) is 2.43. The standard InChI is InChI=1S/C14H20N2O2/c1-10-4-6-11(7-5-10)9-16-14(18)13-12(17)3-2-8-15-13/h2-3,8,10-11,17H,4-7,9H2,1H3,(H,16,18). The molecule has 0 spiro atoms. The van der Waals surface area contributed by atoms with Crippen molar-refractivity contribution in [3.05, 3.63) is 24.0 Å². The zero-order valence-electron chi connectivity index (χ0n) is 10.7. The van der Waals surface area contributed by atoms with Crippen LogP contribution in [0.2, 0.25) is 0 Å². The molecule has 0 aromatic carbocycles. The van der Waals surface area contributed by atoms with Crippen LogP contribution in [0.5, 0.6) is 5.75 Å². The molecular weight excluding hydrogens is 228 g/mol. The molecule has 1 amide bonds. The van der Waals surface area contributed by atoms with E-state index in [2.05, 4.69) is 17.2 Å². The van der Waals surface area contributed by atoms with Crippen LogP contribution in [0, 0.1) is 11.8 Å². The molecule has 1 heterocycles. The Morgan fingerprint density at radius 3 is 2.83 bits per heavy atom. The van der Waals surface area contributed by atoms with E-state index in [1.54, 1.807) is 6.07 Å². The van der Waals surface area contributed by atoms with Gasteiger partial charge in [-0.05, 0) is 36.8 Å². The maximum absolute atomic E-state index is 11.8. The molecule has 98 valence electrons. The molecule has 0 bridgehead atoms. The van der Waals surface area contributed by atoms with Crippen LogP contribution < -0.4 is 5.32 Å². The number of carbonyl (C=O) groups is 1. The number of nitrogens with one attached hydrogen (secondary N) is 1. The first kappa shape index (κ1) is 12.9. The third-order valence-electron chi connectivity index (χ3n) is 3.69. The molecule has 0 radical (unpaired) electrons. The third-order valence-corrected chi connectivity index (χ3v) is 3.69. The van der Waals surface area contributed by atoms with Gasteiger partial charge in [-0.25, -0.2) is 4.98 Å². The SMILES string of the molecule is CC1CCC(CNC(=O)c2ncccc2O)CC1. The predicted molar refractivity (Wildman–Crippen MR) is 69.4 cm³/mol. The summed E-state index contributed by atoms with van der Waals surface area (Å²) in [6, 6.07) is 3.08. The van der Waals surface area contributed by atoms with Crippen molar-refractivity contribution in [1.29, 1.82) is 0 Å². The molecule has 0 saturated heterocycles. The van der Waals surface area contributed by atoms with Crippen molar-refractivity contribution in [1.82, 2.24) is 10.3 Å². The Morgan fingerprint density at radius 1 is 1.44 bits per heavy atom. The topological polar surface area (TPSA) is 62.2 Å². The lowest BCUT2D eigenvalue weighted by Gasteiger charge is -2.26. The molecule has 1 saturated carbocycles. The Balaban J connectivity index is 1.84. The molecule has 2 N–H and O–H groups in total. The van der Waals surface area contributed by atoms with Crippen LogP contribution in [0.3, 0.4) is 0 Å². The van der Waals surface area contributed by atoms with Crippen LogP contribution in [0.1, 0.15) is 43.1 Å². The van der Waals surface area contributed by atoms with E-state index in [9.17, 15) is 9.90 Å². The van der Waals surface area contributed by atoms with Crippen molar-refractivity contribution in [3.63, 3.8) is 0 Å². The summed E-state index contributed by atoms with van der Waals surface area (Å²) in [4.78, 5) is 15.7. The highest BCUT2D eigenvalue weighted by Gasteiger charge is 2.19. The molecule has 1 aromatic rings. The van der Waals surface area contributed by atoms with E-state index in [1.165, 1.54) is 37.9 Å². The van der Waals surface area contributed by atoms with Gasteiger partial charge >= 0.3 is 0 Å². The summed E-state index contributed by atoms with van der Waals surface area (Å²) in [5.41, 5.74) is 0.113. The van der Waals surface area contributed by atoms with Crippen LogP contribution >= 0.6 is 0 Å². The van der Waals surface area contributed by atoms with Crippen LogP contribution in [0.4, 0.5) is 0 Å². The summed E-state index contributed by atoms with van der Waals surface area (Å²) in [6.45, 7) is 2.96. The minimum Gasteiger partial charge on any atom is -0.505 e. The van der Waals surface area contributed by atoms with Crippen molar-refractivity contribution in [2.75, 3.05) is 6.54 Å². The van der Waals surface area contributed by atoms with Gasteiger partial charge < -0.3 is 10.4 Å². The summed E-state index contributed by atoms with van der Waals surface area (Å²) < 4.78 is 0. The molecule has 1 fully saturated rings. The zero-order valence-corrected chi connectivity index (χ0v) is 10.7. The molecule has 0 atom stereocenters.